The van der Waals surface area contributed by atoms with Gasteiger partial charge in [-0.15, -0.1) is 11.3 Å². The van der Waals surface area contributed by atoms with Crippen molar-refractivity contribution in [3.8, 4) is 11.5 Å². The Balaban J connectivity index is 1.16. The molecule has 2 bridgehead atoms. The number of carbonyl (C=O) groups excluding carboxylic acids is 2. The smallest absolute Gasteiger partial charge is 0.227 e. The first-order valence-corrected chi connectivity index (χ1v) is 20.0. The molecule has 9 rings (SSSR count). The minimum Gasteiger partial charge on any atom is -0.493 e. The van der Waals surface area contributed by atoms with Crippen LogP contribution in [0.2, 0.25) is 0 Å². The van der Waals surface area contributed by atoms with Gasteiger partial charge in [0.05, 0.1) is 37.2 Å². The molecule has 3 aromatic rings. The summed E-state index contributed by atoms with van der Waals surface area (Å²) in [6.07, 6.45) is 13.0. The number of hydrogen-bond acceptors (Lipinski definition) is 7. The van der Waals surface area contributed by atoms with E-state index in [0.29, 0.717) is 30.9 Å². The minimum absolute atomic E-state index is 0.0183. The van der Waals surface area contributed by atoms with Crippen LogP contribution >= 0.6 is 11.3 Å². The molecule has 2 spiro atoms. The predicted molar refractivity (Wildman–Crippen MR) is 205 cm³/mol. The number of benzene rings is 2. The van der Waals surface area contributed by atoms with Gasteiger partial charge < -0.3 is 24.6 Å². The molecule has 6 aliphatic rings. The minimum atomic E-state index is -1.12. The first kappa shape index (κ1) is 35.6. The van der Waals surface area contributed by atoms with Gasteiger partial charge in [0.1, 0.15) is 0 Å². The summed E-state index contributed by atoms with van der Waals surface area (Å²) in [7, 11) is 3.19. The Bertz CT molecular complexity index is 1950. The van der Waals surface area contributed by atoms with E-state index in [1.165, 1.54) is 0 Å². The van der Waals surface area contributed by atoms with E-state index in [-0.39, 0.29) is 47.3 Å². The standard InChI is InChI=1S/C44H53NO6S/c1-6-21-45(38(47)23-28-11-12-32(50-4)33(22-28)51-5)27-43(49)18-15-37-41(43,3)17-14-36-40(2)16-13-30(46)25-42(40)19-20-44(36,37)31(26-42)39(48)35-24-29-9-7-8-10-34(29)52-35/h7-12,19-20,22,24,26,30,36-37,46,49H,6,13-18,21,23,25,27H2,1-5H3/t30?,36-,37-,40-,41+,42+,43-,44-/m1/s1. The second-order valence-electron chi connectivity index (χ2n) is 17.0. The Morgan fingerprint density at radius 3 is 2.40 bits per heavy atom. The topological polar surface area (TPSA) is 96.3 Å². The van der Waals surface area contributed by atoms with Gasteiger partial charge in [0.25, 0.3) is 0 Å². The highest BCUT2D eigenvalue weighted by Crippen LogP contribution is 2.78. The number of ether oxygens (including phenoxy) is 2. The van der Waals surface area contributed by atoms with Crippen molar-refractivity contribution in [2.75, 3.05) is 27.3 Å². The molecule has 276 valence electrons. The number of Topliss-reactive ketones (excluding diaryl/α,β-unsaturated/α-hetero) is 1. The van der Waals surface area contributed by atoms with Crippen LogP contribution in [0.1, 0.15) is 87.4 Å². The Labute approximate surface area is 311 Å². The van der Waals surface area contributed by atoms with Crippen LogP contribution in [-0.2, 0) is 11.2 Å². The van der Waals surface area contributed by atoms with Crippen molar-refractivity contribution < 1.29 is 29.3 Å². The van der Waals surface area contributed by atoms with Crippen LogP contribution in [0.4, 0.5) is 0 Å². The number of nitrogens with zero attached hydrogens (tertiary/aromatic N) is 1. The van der Waals surface area contributed by atoms with E-state index in [1.54, 1.807) is 25.6 Å². The number of hydrogen-bond donors (Lipinski definition) is 2. The summed E-state index contributed by atoms with van der Waals surface area (Å²) in [5.74, 6) is 1.52. The molecule has 3 fully saturated rings. The molecule has 1 aromatic heterocycles. The van der Waals surface area contributed by atoms with Crippen LogP contribution in [-0.4, -0.2) is 65.8 Å². The lowest BCUT2D eigenvalue weighted by Crippen LogP contribution is -2.67. The Morgan fingerprint density at radius 1 is 0.923 bits per heavy atom. The maximum Gasteiger partial charge on any atom is 0.227 e. The molecular formula is C44H53NO6S. The van der Waals surface area contributed by atoms with Gasteiger partial charge in [0, 0.05) is 39.6 Å². The van der Waals surface area contributed by atoms with Crippen molar-refractivity contribution in [3.63, 3.8) is 0 Å². The van der Waals surface area contributed by atoms with Gasteiger partial charge in [0.15, 0.2) is 17.3 Å². The number of amides is 1. The van der Waals surface area contributed by atoms with Gasteiger partial charge in [-0.05, 0) is 104 Å². The zero-order chi connectivity index (χ0) is 36.7. The van der Waals surface area contributed by atoms with E-state index in [9.17, 15) is 15.0 Å². The van der Waals surface area contributed by atoms with Crippen molar-refractivity contribution in [3.05, 3.63) is 82.8 Å². The van der Waals surface area contributed by atoms with Crippen molar-refractivity contribution in [2.24, 2.45) is 33.5 Å². The molecule has 7 nitrogen and oxygen atoms in total. The van der Waals surface area contributed by atoms with Gasteiger partial charge >= 0.3 is 0 Å². The monoisotopic (exact) mass is 723 g/mol. The molecule has 0 saturated heterocycles. The van der Waals surface area contributed by atoms with Crippen LogP contribution in [0.25, 0.3) is 10.1 Å². The molecule has 2 aromatic carbocycles. The van der Waals surface area contributed by atoms with E-state index in [0.717, 1.165) is 64.6 Å². The number of aliphatic hydroxyl groups excluding tert-OH is 1. The SMILES string of the molecule is CCCN(C[C@]1(O)CC[C@H]2[C@]34C=C[C@@]5(C=C3C(=O)c3cc6ccccc6s3)CC(O)CC[C@]5(C)[C@H]4CC[C@@]21C)C(=O)Cc1ccc(OC)c(OC)c1. The maximum atomic E-state index is 15.0. The lowest BCUT2D eigenvalue weighted by Gasteiger charge is -2.71. The maximum absolute atomic E-state index is 15.0. The van der Waals surface area contributed by atoms with E-state index in [2.05, 4.69) is 51.1 Å². The Morgan fingerprint density at radius 2 is 1.65 bits per heavy atom. The Hall–Kier alpha value is -3.46. The van der Waals surface area contributed by atoms with E-state index in [4.69, 9.17) is 9.47 Å². The van der Waals surface area contributed by atoms with Gasteiger partial charge in [-0.25, -0.2) is 0 Å². The van der Waals surface area contributed by atoms with Crippen LogP contribution in [0.5, 0.6) is 11.5 Å². The molecule has 8 atom stereocenters. The molecule has 1 unspecified atom stereocenters. The third-order valence-corrected chi connectivity index (χ3v) is 15.8. The summed E-state index contributed by atoms with van der Waals surface area (Å²) in [6.45, 7) is 7.56. The number of methoxy groups -OCH3 is 2. The van der Waals surface area contributed by atoms with Crippen molar-refractivity contribution in [2.45, 2.75) is 90.3 Å². The van der Waals surface area contributed by atoms with E-state index < -0.39 is 22.5 Å². The Kier molecular flexibility index (Phi) is 8.59. The van der Waals surface area contributed by atoms with Gasteiger partial charge in [0.2, 0.25) is 5.91 Å². The van der Waals surface area contributed by atoms with Crippen LogP contribution in [0, 0.1) is 33.5 Å². The fourth-order valence-corrected chi connectivity index (χ4v) is 13.0. The number of rotatable bonds is 10. The zero-order valence-corrected chi connectivity index (χ0v) is 32.1. The zero-order valence-electron chi connectivity index (χ0n) is 31.2. The number of ketones is 1. The van der Waals surface area contributed by atoms with Crippen LogP contribution in [0.15, 0.2) is 72.3 Å². The third-order valence-electron chi connectivity index (χ3n) is 14.7. The number of allylic oxidation sites excluding steroid dienone is 4. The molecule has 0 aliphatic heterocycles. The van der Waals surface area contributed by atoms with Crippen molar-refractivity contribution in [1.29, 1.82) is 0 Å². The normalized spacial score (nSPS) is 35.8. The molecule has 2 N–H and O–H groups in total. The van der Waals surface area contributed by atoms with Gasteiger partial charge in [-0.1, -0.05) is 63.3 Å². The molecule has 6 aliphatic carbocycles. The quantitative estimate of drug-likeness (QED) is 0.162. The molecular weight excluding hydrogens is 671 g/mol. The van der Waals surface area contributed by atoms with Gasteiger partial charge in [-0.3, -0.25) is 9.59 Å². The highest BCUT2D eigenvalue weighted by Gasteiger charge is 2.74. The molecule has 0 radical (unpaired) electrons. The summed E-state index contributed by atoms with van der Waals surface area (Å²) in [5, 5.41) is 25.1. The van der Waals surface area contributed by atoms with E-state index in [1.807, 2.05) is 41.3 Å². The fraction of sp³-hybridized carbons (Fsp3) is 0.545. The molecule has 8 heteroatoms. The van der Waals surface area contributed by atoms with Crippen LogP contribution in [0.3, 0.4) is 0 Å². The summed E-state index contributed by atoms with van der Waals surface area (Å²) >= 11 is 1.56. The highest BCUT2D eigenvalue weighted by atomic mass is 32.1. The van der Waals surface area contributed by atoms with E-state index >= 15 is 4.79 Å². The largest absolute Gasteiger partial charge is 0.493 e. The number of aliphatic hydroxyl groups is 2. The molecule has 1 amide bonds. The lowest BCUT2D eigenvalue weighted by atomic mass is 9.32. The third kappa shape index (κ3) is 4.96. The molecule has 52 heavy (non-hydrogen) atoms. The summed E-state index contributed by atoms with van der Waals surface area (Å²) in [4.78, 5) is 31.7. The average molecular weight is 724 g/mol. The lowest BCUT2D eigenvalue weighted by molar-refractivity contribution is -0.178. The number of fused-ring (bicyclic) bond motifs is 2. The highest BCUT2D eigenvalue weighted by molar-refractivity contribution is 7.21. The number of thiophene rings is 1. The summed E-state index contributed by atoms with van der Waals surface area (Å²) in [5.41, 5.74) is -0.952. The van der Waals surface area contributed by atoms with Gasteiger partial charge in [-0.2, -0.15) is 0 Å². The van der Waals surface area contributed by atoms with Crippen molar-refractivity contribution >= 4 is 33.1 Å². The average Bonchev–Trinajstić information content (AvgIpc) is 3.69. The summed E-state index contributed by atoms with van der Waals surface area (Å²) in [6, 6.07) is 15.8. The first-order chi connectivity index (χ1) is 24.9. The molecule has 1 heterocycles. The first-order valence-electron chi connectivity index (χ1n) is 19.2. The van der Waals surface area contributed by atoms with Crippen LogP contribution < -0.4 is 9.47 Å². The second kappa shape index (κ2) is 12.6. The molecule has 3 saturated carbocycles. The fourth-order valence-electron chi connectivity index (χ4n) is 12.0. The number of carbonyl (C=O) groups is 2. The van der Waals surface area contributed by atoms with Crippen molar-refractivity contribution in [1.82, 2.24) is 4.90 Å². The summed E-state index contributed by atoms with van der Waals surface area (Å²) < 4.78 is 12.0. The second-order valence-corrected chi connectivity index (χ2v) is 18.1. The predicted octanol–water partition coefficient (Wildman–Crippen LogP) is 8.17.